The summed E-state index contributed by atoms with van der Waals surface area (Å²) in [6.45, 7) is 11.3. The van der Waals surface area contributed by atoms with Crippen LogP contribution in [0.5, 0.6) is 0 Å². The van der Waals surface area contributed by atoms with E-state index < -0.39 is 8.80 Å². The number of aromatic nitrogens is 2. The van der Waals surface area contributed by atoms with Crippen LogP contribution in [0.3, 0.4) is 0 Å². The molecule has 0 aliphatic carbocycles. The second-order valence-corrected chi connectivity index (χ2v) is 7.93. The van der Waals surface area contributed by atoms with Crippen LogP contribution in [0.4, 0.5) is 0 Å². The Kier molecular flexibility index (Phi) is 4.25. The Bertz CT molecular complexity index is 570. The first-order valence-corrected chi connectivity index (χ1v) is 9.48. The fraction of sp³-hybridized carbons (Fsp3) is 0.438. The predicted molar refractivity (Wildman–Crippen MR) is 84.1 cm³/mol. The minimum Gasteiger partial charge on any atom is -0.306 e. The smallest absolute Gasteiger partial charge is 0.0994 e. The quantitative estimate of drug-likeness (QED) is 0.779. The van der Waals surface area contributed by atoms with Gasteiger partial charge in [-0.25, -0.2) is 4.98 Å². The number of hydrogen-bond donors (Lipinski definition) is 0. The van der Waals surface area contributed by atoms with E-state index in [2.05, 4.69) is 54.8 Å². The highest BCUT2D eigenvalue weighted by molar-refractivity contribution is 6.72. The highest BCUT2D eigenvalue weighted by Gasteiger charge is 2.16. The van der Waals surface area contributed by atoms with E-state index >= 15 is 0 Å². The van der Waals surface area contributed by atoms with Gasteiger partial charge in [-0.05, 0) is 42.6 Å². The van der Waals surface area contributed by atoms with E-state index in [9.17, 15) is 0 Å². The highest BCUT2D eigenvalue weighted by atomic mass is 28.3. The molecule has 0 saturated carbocycles. The lowest BCUT2D eigenvalue weighted by atomic mass is 10.0. The maximum absolute atomic E-state index is 4.37. The monoisotopic (exact) mass is 271 g/mol. The zero-order chi connectivity index (χ0) is 14.0. The van der Waals surface area contributed by atoms with Gasteiger partial charge in [-0.1, -0.05) is 32.5 Å². The molecule has 1 aromatic carbocycles. The maximum Gasteiger partial charge on any atom is 0.0994 e. The average Bonchev–Trinajstić information content (AvgIpc) is 2.78. The third kappa shape index (κ3) is 2.81. The Morgan fingerprint density at radius 1 is 1.21 bits per heavy atom. The minimum absolute atomic E-state index is 0.502. The Morgan fingerprint density at radius 2 is 1.95 bits per heavy atom. The summed E-state index contributed by atoms with van der Waals surface area (Å²) in [5.74, 6) is 0. The molecule has 2 nitrogen and oxygen atoms in total. The van der Waals surface area contributed by atoms with Gasteiger partial charge in [0.15, 0.2) is 0 Å². The Balaban J connectivity index is 2.63. The molecule has 0 N–H and O–H groups in total. The molecule has 1 radical (unpaired) electrons. The van der Waals surface area contributed by atoms with Crippen molar-refractivity contribution in [2.75, 3.05) is 0 Å². The SMILES string of the molecule is CCCc1c(C)ccc(-n2cnc(C)c2)c1[Si](C)C. The van der Waals surface area contributed by atoms with Gasteiger partial charge in [0.1, 0.15) is 0 Å². The van der Waals surface area contributed by atoms with E-state index in [0.29, 0.717) is 0 Å². The average molecular weight is 271 g/mol. The van der Waals surface area contributed by atoms with E-state index in [4.69, 9.17) is 0 Å². The van der Waals surface area contributed by atoms with Crippen molar-refractivity contribution < 1.29 is 0 Å². The number of nitrogens with zero attached hydrogens (tertiary/aromatic N) is 2. The summed E-state index contributed by atoms with van der Waals surface area (Å²) in [4.78, 5) is 4.37. The summed E-state index contributed by atoms with van der Waals surface area (Å²) < 4.78 is 2.18. The summed E-state index contributed by atoms with van der Waals surface area (Å²) >= 11 is 0. The molecule has 101 valence electrons. The maximum atomic E-state index is 4.37. The molecule has 3 heteroatoms. The zero-order valence-electron chi connectivity index (χ0n) is 12.6. The molecule has 0 fully saturated rings. The molecule has 0 unspecified atom stereocenters. The molecule has 2 rings (SSSR count). The third-order valence-electron chi connectivity index (χ3n) is 3.51. The van der Waals surface area contributed by atoms with Crippen LogP contribution < -0.4 is 5.19 Å². The number of benzene rings is 1. The summed E-state index contributed by atoms with van der Waals surface area (Å²) in [5.41, 5.74) is 5.40. The van der Waals surface area contributed by atoms with Crippen molar-refractivity contribution in [3.63, 3.8) is 0 Å². The van der Waals surface area contributed by atoms with Gasteiger partial charge < -0.3 is 4.57 Å². The Hall–Kier alpha value is -1.35. The van der Waals surface area contributed by atoms with E-state index in [1.807, 2.05) is 13.3 Å². The number of aryl methyl sites for hydroxylation is 2. The molecular formula is C16H23N2Si. The fourth-order valence-corrected chi connectivity index (χ4v) is 4.29. The second-order valence-electron chi connectivity index (χ2n) is 5.43. The van der Waals surface area contributed by atoms with Gasteiger partial charge in [0, 0.05) is 11.9 Å². The number of hydrogen-bond acceptors (Lipinski definition) is 1. The van der Waals surface area contributed by atoms with E-state index in [0.717, 1.165) is 5.69 Å². The minimum atomic E-state index is -0.502. The van der Waals surface area contributed by atoms with Crippen LogP contribution in [0.15, 0.2) is 24.7 Å². The van der Waals surface area contributed by atoms with Gasteiger partial charge in [0.05, 0.1) is 20.8 Å². The normalized spacial score (nSPS) is 11.3. The zero-order valence-corrected chi connectivity index (χ0v) is 13.6. The Labute approximate surface area is 118 Å². The summed E-state index contributed by atoms with van der Waals surface area (Å²) in [6.07, 6.45) is 6.44. The van der Waals surface area contributed by atoms with Crippen molar-refractivity contribution in [1.29, 1.82) is 0 Å². The first-order valence-electron chi connectivity index (χ1n) is 6.98. The molecule has 0 saturated heterocycles. The van der Waals surface area contributed by atoms with Crippen molar-refractivity contribution in [3.05, 3.63) is 41.5 Å². The van der Waals surface area contributed by atoms with Crippen LogP contribution in [-0.2, 0) is 6.42 Å². The van der Waals surface area contributed by atoms with Gasteiger partial charge in [-0.15, -0.1) is 0 Å². The summed E-state index contributed by atoms with van der Waals surface area (Å²) in [7, 11) is -0.502. The lowest BCUT2D eigenvalue weighted by Gasteiger charge is -2.19. The van der Waals surface area contributed by atoms with Crippen molar-refractivity contribution in [1.82, 2.24) is 9.55 Å². The van der Waals surface area contributed by atoms with Crippen LogP contribution in [0.25, 0.3) is 5.69 Å². The molecule has 19 heavy (non-hydrogen) atoms. The van der Waals surface area contributed by atoms with Gasteiger partial charge in [0.2, 0.25) is 0 Å². The fourth-order valence-electron chi connectivity index (χ4n) is 2.64. The van der Waals surface area contributed by atoms with E-state index in [1.165, 1.54) is 24.1 Å². The molecule has 0 spiro atoms. The highest BCUT2D eigenvalue weighted by Crippen LogP contribution is 2.16. The predicted octanol–water partition coefficient (Wildman–Crippen LogP) is 3.40. The van der Waals surface area contributed by atoms with Crippen LogP contribution >= 0.6 is 0 Å². The van der Waals surface area contributed by atoms with Gasteiger partial charge in [-0.3, -0.25) is 0 Å². The topological polar surface area (TPSA) is 17.8 Å². The molecule has 2 aromatic rings. The third-order valence-corrected chi connectivity index (χ3v) is 5.07. The number of imidazole rings is 1. The van der Waals surface area contributed by atoms with Crippen molar-refractivity contribution in [2.24, 2.45) is 0 Å². The standard InChI is InChI=1S/C16H23N2Si/c1-6-7-14-12(2)8-9-15(16(14)19(4)5)18-10-13(3)17-11-18/h8-11H,6-7H2,1-5H3. The molecule has 1 aromatic heterocycles. The molecule has 0 aliphatic rings. The summed E-state index contributed by atoms with van der Waals surface area (Å²) in [6, 6.07) is 4.51. The van der Waals surface area contributed by atoms with E-state index in [-0.39, 0.29) is 0 Å². The first-order chi connectivity index (χ1) is 9.04. The molecule has 0 bridgehead atoms. The van der Waals surface area contributed by atoms with Crippen LogP contribution in [-0.4, -0.2) is 18.3 Å². The van der Waals surface area contributed by atoms with Crippen molar-refractivity contribution >= 4 is 14.0 Å². The van der Waals surface area contributed by atoms with Crippen LogP contribution in [0, 0.1) is 13.8 Å². The van der Waals surface area contributed by atoms with Crippen molar-refractivity contribution in [3.8, 4) is 5.69 Å². The van der Waals surface area contributed by atoms with Gasteiger partial charge >= 0.3 is 0 Å². The largest absolute Gasteiger partial charge is 0.306 e. The molecule has 1 heterocycles. The van der Waals surface area contributed by atoms with Crippen LogP contribution in [0.1, 0.15) is 30.2 Å². The molecule has 0 amide bonds. The van der Waals surface area contributed by atoms with Crippen molar-refractivity contribution in [2.45, 2.75) is 46.7 Å². The van der Waals surface area contributed by atoms with Gasteiger partial charge in [0.25, 0.3) is 0 Å². The molecule has 0 atom stereocenters. The van der Waals surface area contributed by atoms with E-state index in [1.54, 1.807) is 10.8 Å². The number of rotatable bonds is 4. The Morgan fingerprint density at radius 3 is 2.47 bits per heavy atom. The van der Waals surface area contributed by atoms with Gasteiger partial charge in [-0.2, -0.15) is 0 Å². The lowest BCUT2D eigenvalue weighted by Crippen LogP contribution is -2.31. The second kappa shape index (κ2) is 5.74. The first kappa shape index (κ1) is 14.1. The van der Waals surface area contributed by atoms with Crippen LogP contribution in [0.2, 0.25) is 13.1 Å². The lowest BCUT2D eigenvalue weighted by molar-refractivity contribution is 0.914. The molecular weight excluding hydrogens is 248 g/mol. The molecule has 0 aliphatic heterocycles. The summed E-state index contributed by atoms with van der Waals surface area (Å²) in [5, 5.41) is 1.57.